The predicted molar refractivity (Wildman–Crippen MR) is 102 cm³/mol. The molecule has 132 valence electrons. The van der Waals surface area contributed by atoms with Crippen molar-refractivity contribution in [2.24, 2.45) is 0 Å². The quantitative estimate of drug-likeness (QED) is 0.667. The zero-order valence-corrected chi connectivity index (χ0v) is 16.1. The first kappa shape index (κ1) is 18.3. The summed E-state index contributed by atoms with van der Waals surface area (Å²) in [4.78, 5) is 0. The molecular formula is C19H20BrNO3S. The maximum Gasteiger partial charge on any atom is 0.218 e. The van der Waals surface area contributed by atoms with E-state index < -0.39 is 10.0 Å². The molecule has 0 radical (unpaired) electrons. The van der Waals surface area contributed by atoms with Gasteiger partial charge in [-0.15, -0.1) is 0 Å². The summed E-state index contributed by atoms with van der Waals surface area (Å²) in [7, 11) is -3.32. The summed E-state index contributed by atoms with van der Waals surface area (Å²) in [6, 6.07) is 17.3. The van der Waals surface area contributed by atoms with Crippen LogP contribution < -0.4 is 0 Å². The Hall–Kier alpha value is -1.47. The van der Waals surface area contributed by atoms with Gasteiger partial charge in [-0.25, -0.2) is 8.42 Å². The van der Waals surface area contributed by atoms with Crippen LogP contribution in [0.4, 0.5) is 0 Å². The molecule has 0 N–H and O–H groups in total. The van der Waals surface area contributed by atoms with E-state index in [0.29, 0.717) is 19.8 Å². The van der Waals surface area contributed by atoms with E-state index in [1.807, 2.05) is 60.7 Å². The van der Waals surface area contributed by atoms with Crippen LogP contribution >= 0.6 is 15.9 Å². The van der Waals surface area contributed by atoms with Gasteiger partial charge in [0.15, 0.2) is 0 Å². The Morgan fingerprint density at radius 2 is 1.76 bits per heavy atom. The lowest BCUT2D eigenvalue weighted by molar-refractivity contribution is 0.0889. The average Bonchev–Trinajstić information content (AvgIpc) is 2.60. The van der Waals surface area contributed by atoms with Gasteiger partial charge in [-0.05, 0) is 23.3 Å². The Morgan fingerprint density at radius 3 is 2.48 bits per heavy atom. The van der Waals surface area contributed by atoms with E-state index in [2.05, 4.69) is 15.9 Å². The van der Waals surface area contributed by atoms with Crippen molar-refractivity contribution >= 4 is 26.0 Å². The van der Waals surface area contributed by atoms with Gasteiger partial charge in [-0.2, -0.15) is 4.31 Å². The third-order valence-corrected chi connectivity index (χ3v) is 6.30. The number of halogens is 1. The molecule has 4 nitrogen and oxygen atoms in total. The molecule has 0 aliphatic carbocycles. The van der Waals surface area contributed by atoms with Gasteiger partial charge in [0.2, 0.25) is 10.0 Å². The van der Waals surface area contributed by atoms with Crippen molar-refractivity contribution < 1.29 is 13.2 Å². The number of rotatable bonds is 6. The van der Waals surface area contributed by atoms with E-state index in [0.717, 1.165) is 15.6 Å². The minimum Gasteiger partial charge on any atom is -0.375 e. The number of hydrogen-bond donors (Lipinski definition) is 0. The second-order valence-corrected chi connectivity index (χ2v) is 8.83. The van der Waals surface area contributed by atoms with Gasteiger partial charge in [0.25, 0.3) is 0 Å². The molecule has 1 aliphatic heterocycles. The summed E-state index contributed by atoms with van der Waals surface area (Å²) in [6.07, 6.45) is 3.63. The fraction of sp³-hybridized carbons (Fsp3) is 0.263. The number of nitrogens with zero attached hydrogens (tertiary/aromatic N) is 1. The van der Waals surface area contributed by atoms with Gasteiger partial charge in [0.1, 0.15) is 0 Å². The highest BCUT2D eigenvalue weighted by molar-refractivity contribution is 9.10. The lowest BCUT2D eigenvalue weighted by Gasteiger charge is -2.31. The molecule has 0 saturated carbocycles. The highest BCUT2D eigenvalue weighted by Crippen LogP contribution is 2.21. The summed E-state index contributed by atoms with van der Waals surface area (Å²) >= 11 is 3.40. The van der Waals surface area contributed by atoms with Crippen molar-refractivity contribution in [2.75, 3.05) is 12.4 Å². The van der Waals surface area contributed by atoms with Gasteiger partial charge < -0.3 is 4.74 Å². The number of benzene rings is 2. The fourth-order valence-electron chi connectivity index (χ4n) is 2.73. The highest BCUT2D eigenvalue weighted by atomic mass is 79.9. The lowest BCUT2D eigenvalue weighted by atomic mass is 10.2. The molecule has 0 amide bonds. The third kappa shape index (κ3) is 5.01. The summed E-state index contributed by atoms with van der Waals surface area (Å²) in [5.41, 5.74) is 2.03. The molecule has 6 heteroatoms. The molecule has 2 aromatic rings. The van der Waals surface area contributed by atoms with Gasteiger partial charge in [-0.1, -0.05) is 70.5 Å². The molecule has 0 aromatic heterocycles. The molecular weight excluding hydrogens is 402 g/mol. The Labute approximate surface area is 157 Å². The molecule has 0 spiro atoms. The lowest BCUT2D eigenvalue weighted by Crippen LogP contribution is -2.44. The van der Waals surface area contributed by atoms with Crippen molar-refractivity contribution in [3.05, 3.63) is 82.3 Å². The summed E-state index contributed by atoms with van der Waals surface area (Å²) in [5, 5.41) is 0. The average molecular weight is 422 g/mol. The number of sulfonamides is 1. The van der Waals surface area contributed by atoms with Crippen LogP contribution in [-0.4, -0.2) is 31.1 Å². The van der Waals surface area contributed by atoms with E-state index in [-0.39, 0.29) is 11.8 Å². The highest BCUT2D eigenvalue weighted by Gasteiger charge is 2.31. The van der Waals surface area contributed by atoms with Crippen molar-refractivity contribution in [3.63, 3.8) is 0 Å². The second kappa shape index (κ2) is 8.27. The normalized spacial score (nSPS) is 19.8. The van der Waals surface area contributed by atoms with Crippen LogP contribution in [0.15, 0.2) is 71.2 Å². The van der Waals surface area contributed by atoms with Crippen LogP contribution in [0.5, 0.6) is 0 Å². The number of ether oxygens (including phenoxy) is 1. The van der Waals surface area contributed by atoms with E-state index in [9.17, 15) is 8.42 Å². The van der Waals surface area contributed by atoms with Gasteiger partial charge in [0, 0.05) is 11.0 Å². The molecule has 1 atom stereocenters. The van der Waals surface area contributed by atoms with E-state index in [4.69, 9.17) is 4.74 Å². The van der Waals surface area contributed by atoms with Crippen molar-refractivity contribution in [1.82, 2.24) is 4.31 Å². The van der Waals surface area contributed by atoms with E-state index in [1.54, 1.807) is 6.08 Å². The van der Waals surface area contributed by atoms with Crippen molar-refractivity contribution in [3.8, 4) is 0 Å². The van der Waals surface area contributed by atoms with Crippen molar-refractivity contribution in [1.29, 1.82) is 0 Å². The number of hydrogen-bond acceptors (Lipinski definition) is 3. The Bertz CT molecular complexity index is 820. The van der Waals surface area contributed by atoms with Crippen LogP contribution in [0.2, 0.25) is 0 Å². The second-order valence-electron chi connectivity index (χ2n) is 5.95. The maximum absolute atomic E-state index is 12.5. The summed E-state index contributed by atoms with van der Waals surface area (Å²) < 4.78 is 33.3. The van der Waals surface area contributed by atoms with Crippen LogP contribution in [0.3, 0.4) is 0 Å². The first-order valence-corrected chi connectivity index (χ1v) is 10.5. The fourth-order valence-corrected chi connectivity index (χ4v) is 4.43. The third-order valence-electron chi connectivity index (χ3n) is 4.04. The van der Waals surface area contributed by atoms with Gasteiger partial charge in [-0.3, -0.25) is 0 Å². The minimum atomic E-state index is -3.32. The Morgan fingerprint density at radius 1 is 1.04 bits per heavy atom. The SMILES string of the molecule is O=S1(=O)CC=C[C@H](COCc2ccccc2)N1Cc1ccc(Br)cc1. The molecule has 0 fully saturated rings. The molecule has 0 saturated heterocycles. The molecule has 25 heavy (non-hydrogen) atoms. The first-order chi connectivity index (χ1) is 12.0. The smallest absolute Gasteiger partial charge is 0.218 e. The molecule has 3 rings (SSSR count). The molecule has 0 unspecified atom stereocenters. The summed E-state index contributed by atoms with van der Waals surface area (Å²) in [6.45, 7) is 1.15. The molecule has 1 aliphatic rings. The van der Waals surface area contributed by atoms with Crippen LogP contribution in [0.1, 0.15) is 11.1 Å². The predicted octanol–water partition coefficient (Wildman–Crippen LogP) is 3.74. The van der Waals surface area contributed by atoms with Crippen molar-refractivity contribution in [2.45, 2.75) is 19.2 Å². The van der Waals surface area contributed by atoms with E-state index >= 15 is 0 Å². The van der Waals surface area contributed by atoms with Gasteiger partial charge in [0.05, 0.1) is 25.0 Å². The van der Waals surface area contributed by atoms with Crippen LogP contribution in [0.25, 0.3) is 0 Å². The zero-order valence-electron chi connectivity index (χ0n) is 13.7. The summed E-state index contributed by atoms with van der Waals surface area (Å²) in [5.74, 6) is 0.0404. The standard InChI is InChI=1S/C19H20BrNO3S/c20-18-10-8-16(9-11-18)13-21-19(7-4-12-25(21,22)23)15-24-14-17-5-2-1-3-6-17/h1-11,19H,12-15H2/t19-/m1/s1. The van der Waals surface area contributed by atoms with Crippen LogP contribution in [0, 0.1) is 0 Å². The minimum absolute atomic E-state index is 0.0404. The monoisotopic (exact) mass is 421 g/mol. The Kier molecular flexibility index (Phi) is 6.06. The first-order valence-electron chi connectivity index (χ1n) is 8.07. The van der Waals surface area contributed by atoms with Gasteiger partial charge >= 0.3 is 0 Å². The van der Waals surface area contributed by atoms with Crippen LogP contribution in [-0.2, 0) is 27.9 Å². The molecule has 2 aromatic carbocycles. The molecule has 0 bridgehead atoms. The zero-order chi connectivity index (χ0) is 17.7. The van der Waals surface area contributed by atoms with E-state index in [1.165, 1.54) is 4.31 Å². The largest absolute Gasteiger partial charge is 0.375 e. The molecule has 1 heterocycles. The topological polar surface area (TPSA) is 46.6 Å². The maximum atomic E-state index is 12.5. The Balaban J connectivity index is 1.68.